The topological polar surface area (TPSA) is 40.5 Å². The zero-order valence-electron chi connectivity index (χ0n) is 21.0. The maximum Gasteiger partial charge on any atom is 0.127 e. The van der Waals surface area contributed by atoms with Gasteiger partial charge in [-0.15, -0.1) is 0 Å². The largest absolute Gasteiger partial charge is 0.507 e. The van der Waals surface area contributed by atoms with Crippen molar-refractivity contribution in [3.63, 3.8) is 0 Å². The van der Waals surface area contributed by atoms with Crippen LogP contribution in [0.4, 0.5) is 0 Å². The maximum atomic E-state index is 11.8. The molecule has 0 amide bonds. The Bertz CT molecular complexity index is 1350. The second kappa shape index (κ2) is 7.75. The van der Waals surface area contributed by atoms with Gasteiger partial charge in [0.15, 0.2) is 0 Å². The van der Waals surface area contributed by atoms with Gasteiger partial charge in [0.05, 0.1) is 0 Å². The summed E-state index contributed by atoms with van der Waals surface area (Å²) in [6.07, 6.45) is 3.68. The zero-order valence-corrected chi connectivity index (χ0v) is 21.0. The highest BCUT2D eigenvalue weighted by Gasteiger charge is 2.49. The molecular weight excluding hydrogens is 428 g/mol. The van der Waals surface area contributed by atoms with E-state index < -0.39 is 0 Å². The first-order chi connectivity index (χ1) is 16.8. The summed E-state index contributed by atoms with van der Waals surface area (Å²) in [6.45, 7) is 8.40. The molecule has 0 aliphatic heterocycles. The van der Waals surface area contributed by atoms with Crippen LogP contribution in [0.2, 0.25) is 0 Å². The predicted octanol–water partition coefficient (Wildman–Crippen LogP) is 7.84. The van der Waals surface area contributed by atoms with Gasteiger partial charge in [0.1, 0.15) is 11.5 Å². The minimum absolute atomic E-state index is 0.345. The fourth-order valence-electron chi connectivity index (χ4n) is 6.92. The fraction of sp³-hybridized carbons (Fsp3) is 0.273. The van der Waals surface area contributed by atoms with Gasteiger partial charge in [0.2, 0.25) is 0 Å². The third-order valence-corrected chi connectivity index (χ3v) is 8.19. The molecule has 1 spiro atoms. The molecule has 35 heavy (non-hydrogen) atoms. The van der Waals surface area contributed by atoms with Crippen molar-refractivity contribution in [1.29, 1.82) is 0 Å². The van der Waals surface area contributed by atoms with E-state index in [9.17, 15) is 10.2 Å². The molecule has 0 atom stereocenters. The highest BCUT2D eigenvalue weighted by molar-refractivity contribution is 5.80. The van der Waals surface area contributed by atoms with Crippen molar-refractivity contribution in [2.24, 2.45) is 0 Å². The third-order valence-electron chi connectivity index (χ3n) is 8.19. The molecule has 0 radical (unpaired) electrons. The maximum absolute atomic E-state index is 11.8. The molecule has 176 valence electrons. The predicted molar refractivity (Wildman–Crippen MR) is 143 cm³/mol. The lowest BCUT2D eigenvalue weighted by Crippen LogP contribution is -2.21. The van der Waals surface area contributed by atoms with Crippen LogP contribution < -0.4 is 0 Å². The standard InChI is InChI=1S/C33H32O2/c1-19-13-20(2)16-25(15-19)27-7-5-23-9-11-33(29(23)31(27)34)12-10-24-6-8-28(32(35)30(24)33)26-17-21(3)14-22(4)18-26/h5-8,13-18,34-35H,9-12H2,1-4H3. The molecule has 4 aromatic rings. The minimum Gasteiger partial charge on any atom is -0.507 e. The van der Waals surface area contributed by atoms with Gasteiger partial charge in [0.25, 0.3) is 0 Å². The quantitative estimate of drug-likeness (QED) is 0.320. The number of benzene rings is 4. The van der Waals surface area contributed by atoms with E-state index in [-0.39, 0.29) is 5.41 Å². The van der Waals surface area contributed by atoms with Gasteiger partial charge >= 0.3 is 0 Å². The van der Waals surface area contributed by atoms with E-state index in [0.29, 0.717) is 11.5 Å². The molecule has 2 nitrogen and oxygen atoms in total. The lowest BCUT2D eigenvalue weighted by molar-refractivity contribution is 0.418. The Kier molecular flexibility index (Phi) is 4.86. The van der Waals surface area contributed by atoms with E-state index in [4.69, 9.17) is 0 Å². The number of phenols is 2. The van der Waals surface area contributed by atoms with Crippen LogP contribution in [0.25, 0.3) is 22.3 Å². The summed E-state index contributed by atoms with van der Waals surface area (Å²) in [5.74, 6) is 0.767. The van der Waals surface area contributed by atoms with Crippen molar-refractivity contribution in [3.05, 3.63) is 105 Å². The summed E-state index contributed by atoms with van der Waals surface area (Å²) in [6, 6.07) is 21.4. The molecule has 2 heteroatoms. The molecular formula is C33H32O2. The first-order valence-corrected chi connectivity index (χ1v) is 12.6. The number of aromatic hydroxyl groups is 2. The van der Waals surface area contributed by atoms with Gasteiger partial charge in [-0.2, -0.15) is 0 Å². The first-order valence-electron chi connectivity index (χ1n) is 12.6. The van der Waals surface area contributed by atoms with Crippen molar-refractivity contribution >= 4 is 0 Å². The van der Waals surface area contributed by atoms with Gasteiger partial charge in [-0.3, -0.25) is 0 Å². The van der Waals surface area contributed by atoms with E-state index in [1.807, 2.05) is 0 Å². The van der Waals surface area contributed by atoms with Crippen molar-refractivity contribution < 1.29 is 10.2 Å². The average Bonchev–Trinajstić information content (AvgIpc) is 3.35. The van der Waals surface area contributed by atoms with E-state index in [1.54, 1.807) is 0 Å². The molecule has 2 N–H and O–H groups in total. The lowest BCUT2D eigenvalue weighted by Gasteiger charge is -2.29. The van der Waals surface area contributed by atoms with Crippen LogP contribution in [0.3, 0.4) is 0 Å². The van der Waals surface area contributed by atoms with Gasteiger partial charge in [0, 0.05) is 27.7 Å². The third kappa shape index (κ3) is 3.31. The minimum atomic E-state index is -0.345. The Morgan fingerprint density at radius 1 is 0.543 bits per heavy atom. The van der Waals surface area contributed by atoms with E-state index in [0.717, 1.165) is 59.1 Å². The van der Waals surface area contributed by atoms with Crippen LogP contribution in [0.1, 0.15) is 57.3 Å². The molecule has 0 aromatic heterocycles. The van der Waals surface area contributed by atoms with Crippen molar-refractivity contribution in [2.45, 2.75) is 58.8 Å². The van der Waals surface area contributed by atoms with Gasteiger partial charge in [-0.25, -0.2) is 0 Å². The number of phenolic OH excluding ortho intramolecular Hbond substituents is 2. The van der Waals surface area contributed by atoms with E-state index >= 15 is 0 Å². The van der Waals surface area contributed by atoms with Crippen LogP contribution in [0.5, 0.6) is 11.5 Å². The molecule has 0 bridgehead atoms. The zero-order chi connectivity index (χ0) is 24.5. The average molecular weight is 461 g/mol. The lowest BCUT2D eigenvalue weighted by atomic mass is 9.74. The molecule has 0 unspecified atom stereocenters. The number of fused-ring (bicyclic) bond motifs is 4. The van der Waals surface area contributed by atoms with Crippen LogP contribution in [-0.4, -0.2) is 10.2 Å². The van der Waals surface area contributed by atoms with Crippen molar-refractivity contribution in [1.82, 2.24) is 0 Å². The van der Waals surface area contributed by atoms with Crippen LogP contribution in [-0.2, 0) is 18.3 Å². The smallest absolute Gasteiger partial charge is 0.127 e. The number of rotatable bonds is 2. The van der Waals surface area contributed by atoms with E-state index in [1.165, 1.54) is 33.4 Å². The molecule has 0 saturated heterocycles. The van der Waals surface area contributed by atoms with Gasteiger partial charge in [-0.1, -0.05) is 82.9 Å². The SMILES string of the molecule is Cc1cc(C)cc(-c2ccc3c(c2O)C2(CC3)CCc3ccc(-c4cc(C)cc(C)c4)c(O)c32)c1. The summed E-state index contributed by atoms with van der Waals surface area (Å²) in [5, 5.41) is 23.5. The Labute approximate surface area is 207 Å². The number of hydrogen-bond acceptors (Lipinski definition) is 2. The Balaban J connectivity index is 1.56. The molecule has 6 rings (SSSR count). The Morgan fingerprint density at radius 2 is 0.914 bits per heavy atom. The van der Waals surface area contributed by atoms with E-state index in [2.05, 4.69) is 88.4 Å². The molecule has 4 aromatic carbocycles. The molecule has 0 saturated carbocycles. The Hall–Kier alpha value is -3.52. The van der Waals surface area contributed by atoms with Crippen LogP contribution in [0.15, 0.2) is 60.7 Å². The summed E-state index contributed by atoms with van der Waals surface area (Å²) in [5.41, 5.74) is 12.8. The van der Waals surface area contributed by atoms with Gasteiger partial charge in [-0.05, 0) is 75.6 Å². The highest BCUT2D eigenvalue weighted by Crippen LogP contribution is 2.59. The van der Waals surface area contributed by atoms with Crippen LogP contribution in [0, 0.1) is 27.7 Å². The summed E-state index contributed by atoms with van der Waals surface area (Å²) >= 11 is 0. The Morgan fingerprint density at radius 3 is 1.29 bits per heavy atom. The molecule has 2 aliphatic rings. The second-order valence-corrected chi connectivity index (χ2v) is 10.8. The molecule has 0 heterocycles. The van der Waals surface area contributed by atoms with Crippen LogP contribution >= 0.6 is 0 Å². The summed E-state index contributed by atoms with van der Waals surface area (Å²) in [7, 11) is 0. The molecule has 0 fully saturated rings. The summed E-state index contributed by atoms with van der Waals surface area (Å²) in [4.78, 5) is 0. The summed E-state index contributed by atoms with van der Waals surface area (Å²) < 4.78 is 0. The fourth-order valence-corrected chi connectivity index (χ4v) is 6.92. The highest BCUT2D eigenvalue weighted by atomic mass is 16.3. The van der Waals surface area contributed by atoms with Crippen molar-refractivity contribution in [2.75, 3.05) is 0 Å². The number of aryl methyl sites for hydroxylation is 6. The van der Waals surface area contributed by atoms with Gasteiger partial charge < -0.3 is 10.2 Å². The second-order valence-electron chi connectivity index (χ2n) is 10.8. The first kappa shape index (κ1) is 22.0. The van der Waals surface area contributed by atoms with Crippen molar-refractivity contribution in [3.8, 4) is 33.8 Å². The molecule has 2 aliphatic carbocycles. The number of hydrogen-bond donors (Lipinski definition) is 2. The normalized spacial score (nSPS) is 15.4. The monoisotopic (exact) mass is 460 g/mol.